The third-order valence-corrected chi connectivity index (χ3v) is 6.67. The van der Waals surface area contributed by atoms with E-state index in [1.165, 1.54) is 15.8 Å². The molecule has 1 fully saturated rings. The van der Waals surface area contributed by atoms with Gasteiger partial charge in [0.1, 0.15) is 17.1 Å². The van der Waals surface area contributed by atoms with E-state index in [0.717, 1.165) is 16.4 Å². The van der Waals surface area contributed by atoms with Crippen LogP contribution in [0.2, 0.25) is 0 Å². The molecular formula is C19H20FN6O3S+. The number of hydrogen-bond acceptors (Lipinski definition) is 7. The highest BCUT2D eigenvalue weighted by Crippen LogP contribution is 2.39. The molecule has 2 aromatic heterocycles. The number of aliphatic hydroxyl groups excluding tert-OH is 1. The summed E-state index contributed by atoms with van der Waals surface area (Å²) in [6.45, 7) is 1.35. The number of aliphatic hydroxyl groups is 1. The number of carbonyl (C=O) groups is 1. The minimum atomic E-state index is -0.584. The number of anilines is 2. The molecule has 1 saturated heterocycles. The number of carbonyl (C=O) groups excluding carboxylic acids is 1. The van der Waals surface area contributed by atoms with Crippen LogP contribution in [-0.4, -0.2) is 45.6 Å². The van der Waals surface area contributed by atoms with Gasteiger partial charge in [-0.15, -0.1) is 11.3 Å². The van der Waals surface area contributed by atoms with Gasteiger partial charge in [0.2, 0.25) is 0 Å². The maximum absolute atomic E-state index is 14.9. The van der Waals surface area contributed by atoms with Gasteiger partial charge in [-0.1, -0.05) is 4.80 Å². The highest BCUT2D eigenvalue weighted by atomic mass is 32.1. The number of tetrazole rings is 1. The van der Waals surface area contributed by atoms with Crippen molar-refractivity contribution in [3.05, 3.63) is 40.5 Å². The van der Waals surface area contributed by atoms with Crippen LogP contribution >= 0.6 is 11.3 Å². The van der Waals surface area contributed by atoms with Crippen LogP contribution in [0.4, 0.5) is 20.8 Å². The zero-order valence-electron chi connectivity index (χ0n) is 16.4. The lowest BCUT2D eigenvalue weighted by molar-refractivity contribution is -0.745. The second kappa shape index (κ2) is 7.03. The Morgan fingerprint density at radius 1 is 1.37 bits per heavy atom. The van der Waals surface area contributed by atoms with E-state index >= 15 is 0 Å². The van der Waals surface area contributed by atoms with Crippen molar-refractivity contribution in [2.75, 3.05) is 23.0 Å². The largest absolute Gasteiger partial charge is 0.441 e. The van der Waals surface area contributed by atoms with Crippen molar-refractivity contribution in [2.45, 2.75) is 19.2 Å². The second-order valence-corrected chi connectivity index (χ2v) is 8.52. The smallest absolute Gasteiger partial charge is 0.414 e. The Balaban J connectivity index is 1.36. The molecule has 1 N–H and O–H groups in total. The molecule has 11 heteroatoms. The first-order chi connectivity index (χ1) is 14.4. The molecule has 0 bridgehead atoms. The molecule has 0 aliphatic carbocycles. The number of aromatic nitrogens is 4. The zero-order valence-corrected chi connectivity index (χ0v) is 17.3. The van der Waals surface area contributed by atoms with Crippen molar-refractivity contribution in [3.8, 4) is 10.4 Å². The van der Waals surface area contributed by atoms with Gasteiger partial charge in [0.25, 0.3) is 0 Å². The molecule has 1 aromatic carbocycles. The zero-order chi connectivity index (χ0) is 21.0. The van der Waals surface area contributed by atoms with Gasteiger partial charge in [0.15, 0.2) is 0 Å². The van der Waals surface area contributed by atoms with E-state index in [4.69, 9.17) is 4.74 Å². The van der Waals surface area contributed by atoms with E-state index in [0.29, 0.717) is 24.3 Å². The predicted molar refractivity (Wildman–Crippen MR) is 106 cm³/mol. The molecule has 4 heterocycles. The lowest BCUT2D eigenvalue weighted by Gasteiger charge is -2.14. The number of halogens is 1. The number of aryl methyl sites for hydroxylation is 1. The van der Waals surface area contributed by atoms with Gasteiger partial charge in [-0.25, -0.2) is 9.18 Å². The van der Waals surface area contributed by atoms with Crippen molar-refractivity contribution >= 4 is 29.1 Å². The molecule has 0 radical (unpaired) electrons. The number of benzene rings is 1. The standard InChI is InChI=1S/C19H20FN6O3S/c1-23-18(21-22-24(23)2)25-7-11-5-16(30-17(11)9-25)14-4-3-12(6-15(14)20)26-8-13(10-27)29-19(26)28/h3-6,13,27H,7-10H2,1-2H3/q+1. The summed E-state index contributed by atoms with van der Waals surface area (Å²) >= 11 is 1.56. The SMILES string of the molecule is Cn1nnc(N2Cc3cc(-c4ccc(N5CC(CO)OC5=O)cc4F)sc3C2)[n+]1C. The summed E-state index contributed by atoms with van der Waals surface area (Å²) in [5, 5.41) is 17.4. The molecule has 2 aliphatic rings. The number of ether oxygens (including phenoxy) is 1. The van der Waals surface area contributed by atoms with E-state index in [2.05, 4.69) is 15.2 Å². The number of cyclic esters (lactones) is 1. The Bertz CT molecular complexity index is 1120. The van der Waals surface area contributed by atoms with Gasteiger partial charge >= 0.3 is 12.0 Å². The maximum atomic E-state index is 14.9. The Hall–Kier alpha value is -3.05. The van der Waals surface area contributed by atoms with Gasteiger partial charge in [-0.3, -0.25) is 9.80 Å². The normalized spacial score (nSPS) is 18.3. The van der Waals surface area contributed by atoms with Crippen molar-refractivity contribution in [2.24, 2.45) is 14.1 Å². The van der Waals surface area contributed by atoms with Gasteiger partial charge in [-0.05, 0) is 29.8 Å². The molecule has 1 amide bonds. The summed E-state index contributed by atoms with van der Waals surface area (Å²) < 4.78 is 21.8. The van der Waals surface area contributed by atoms with E-state index in [1.54, 1.807) is 28.3 Å². The predicted octanol–water partition coefficient (Wildman–Crippen LogP) is 1.34. The number of amides is 1. The lowest BCUT2D eigenvalue weighted by Crippen LogP contribution is -2.42. The topological polar surface area (TPSA) is 87.6 Å². The average Bonchev–Trinajstić information content (AvgIpc) is 3.46. The fraction of sp³-hybridized carbons (Fsp3) is 0.368. The lowest BCUT2D eigenvalue weighted by atomic mass is 10.1. The summed E-state index contributed by atoms with van der Waals surface area (Å²) in [6, 6.07) is 6.75. The van der Waals surface area contributed by atoms with Crippen LogP contribution in [0.1, 0.15) is 10.4 Å². The van der Waals surface area contributed by atoms with E-state index in [1.807, 2.05) is 24.8 Å². The summed E-state index contributed by atoms with van der Waals surface area (Å²) in [5.41, 5.74) is 2.07. The Kier molecular flexibility index (Phi) is 4.44. The summed E-state index contributed by atoms with van der Waals surface area (Å²) in [5.74, 6) is 0.390. The molecule has 5 rings (SSSR count). The van der Waals surface area contributed by atoms with E-state index in [9.17, 15) is 14.3 Å². The number of thiophene rings is 1. The van der Waals surface area contributed by atoms with Gasteiger partial charge < -0.3 is 9.84 Å². The Morgan fingerprint density at radius 3 is 2.83 bits per heavy atom. The summed E-state index contributed by atoms with van der Waals surface area (Å²) in [6.07, 6.45) is -1.16. The van der Waals surface area contributed by atoms with Gasteiger partial charge in [-0.2, -0.15) is 4.68 Å². The second-order valence-electron chi connectivity index (χ2n) is 7.38. The van der Waals surface area contributed by atoms with E-state index < -0.39 is 18.0 Å². The average molecular weight is 431 g/mol. The molecule has 30 heavy (non-hydrogen) atoms. The van der Waals surface area contributed by atoms with Crippen LogP contribution in [0.5, 0.6) is 0 Å². The molecule has 3 aromatic rings. The molecule has 0 saturated carbocycles. The first-order valence-corrected chi connectivity index (χ1v) is 10.3. The van der Waals surface area contributed by atoms with E-state index in [-0.39, 0.29) is 13.2 Å². The van der Waals surface area contributed by atoms with Crippen molar-refractivity contribution in [1.82, 2.24) is 15.1 Å². The quantitative estimate of drug-likeness (QED) is 0.628. The highest BCUT2D eigenvalue weighted by molar-refractivity contribution is 7.15. The molecule has 156 valence electrons. The van der Waals surface area contributed by atoms with Crippen LogP contribution in [-0.2, 0) is 31.9 Å². The first-order valence-electron chi connectivity index (χ1n) is 9.46. The fourth-order valence-electron chi connectivity index (χ4n) is 3.77. The van der Waals surface area contributed by atoms with Gasteiger partial charge in [0, 0.05) is 15.3 Å². The van der Waals surface area contributed by atoms with Crippen molar-refractivity contribution < 1.29 is 23.7 Å². The van der Waals surface area contributed by atoms with Crippen molar-refractivity contribution in [3.63, 3.8) is 0 Å². The molecule has 1 unspecified atom stereocenters. The third-order valence-electron chi connectivity index (χ3n) is 5.47. The first kappa shape index (κ1) is 18.9. The molecule has 1 atom stereocenters. The van der Waals surface area contributed by atoms with Gasteiger partial charge in [0.05, 0.1) is 51.1 Å². The Morgan fingerprint density at radius 2 is 2.20 bits per heavy atom. The molecule has 2 aliphatic heterocycles. The van der Waals surface area contributed by atoms with Crippen LogP contribution in [0.15, 0.2) is 24.3 Å². The van der Waals surface area contributed by atoms with Crippen molar-refractivity contribution in [1.29, 1.82) is 0 Å². The maximum Gasteiger partial charge on any atom is 0.414 e. The third kappa shape index (κ3) is 3.01. The van der Waals surface area contributed by atoms with Crippen LogP contribution in [0, 0.1) is 5.82 Å². The molecular weight excluding hydrogens is 411 g/mol. The van der Waals surface area contributed by atoms with Crippen LogP contribution in [0.25, 0.3) is 10.4 Å². The van der Waals surface area contributed by atoms with Crippen LogP contribution in [0.3, 0.4) is 0 Å². The summed E-state index contributed by atoms with van der Waals surface area (Å²) in [7, 11) is 3.74. The minimum Gasteiger partial charge on any atom is -0.441 e. The number of hydrogen-bond donors (Lipinski definition) is 1. The number of fused-ring (bicyclic) bond motifs is 1. The monoisotopic (exact) mass is 431 g/mol. The number of rotatable bonds is 4. The number of nitrogens with zero attached hydrogens (tertiary/aromatic N) is 6. The minimum absolute atomic E-state index is 0.205. The molecule has 9 nitrogen and oxygen atoms in total. The Labute approximate surface area is 175 Å². The fourth-order valence-corrected chi connectivity index (χ4v) is 4.99. The molecule has 0 spiro atoms. The summed E-state index contributed by atoms with van der Waals surface area (Å²) in [4.78, 5) is 19.1. The van der Waals surface area contributed by atoms with Crippen LogP contribution < -0.4 is 14.5 Å². The highest BCUT2D eigenvalue weighted by Gasteiger charge is 2.33.